The Kier molecular flexibility index (Phi) is 4.77. The van der Waals surface area contributed by atoms with Gasteiger partial charge >= 0.3 is 0 Å². The Hall–Kier alpha value is -0.710. The molecule has 116 valence electrons. The highest BCUT2D eigenvalue weighted by atomic mass is 32.2. The van der Waals surface area contributed by atoms with Crippen LogP contribution in [0.1, 0.15) is 44.2 Å². The first kappa shape index (κ1) is 15.2. The van der Waals surface area contributed by atoms with E-state index in [-0.39, 0.29) is 17.7 Å². The van der Waals surface area contributed by atoms with Gasteiger partial charge in [-0.3, -0.25) is 0 Å². The van der Waals surface area contributed by atoms with Crippen LogP contribution in [0.25, 0.3) is 0 Å². The zero-order valence-electron chi connectivity index (χ0n) is 12.7. The third-order valence-electron chi connectivity index (χ3n) is 4.56. The summed E-state index contributed by atoms with van der Waals surface area (Å²) in [5, 5.41) is 0. The van der Waals surface area contributed by atoms with E-state index < -0.39 is 0 Å². The zero-order chi connectivity index (χ0) is 14.7. The minimum atomic E-state index is 0.0742. The predicted molar refractivity (Wildman–Crippen MR) is 87.9 cm³/mol. The number of thioether (sulfide) groups is 1. The number of ether oxygens (including phenoxy) is 2. The second-order valence-corrected chi connectivity index (χ2v) is 7.46. The molecule has 0 saturated carbocycles. The van der Waals surface area contributed by atoms with Crippen molar-refractivity contribution in [2.24, 2.45) is 5.73 Å². The molecule has 2 atom stereocenters. The van der Waals surface area contributed by atoms with Crippen molar-refractivity contribution in [3.8, 4) is 5.75 Å². The first-order chi connectivity index (χ1) is 10.2. The van der Waals surface area contributed by atoms with E-state index in [1.165, 1.54) is 24.3 Å². The Labute approximate surface area is 131 Å². The number of hydrogen-bond acceptors (Lipinski definition) is 4. The van der Waals surface area contributed by atoms with Crippen molar-refractivity contribution < 1.29 is 9.47 Å². The molecule has 2 aliphatic rings. The molecular weight excluding hydrogens is 282 g/mol. The van der Waals surface area contributed by atoms with Gasteiger partial charge in [0.15, 0.2) is 0 Å². The van der Waals surface area contributed by atoms with E-state index >= 15 is 0 Å². The van der Waals surface area contributed by atoms with Gasteiger partial charge in [-0.15, -0.1) is 0 Å². The maximum atomic E-state index is 6.19. The molecule has 3 nitrogen and oxygen atoms in total. The molecule has 1 unspecified atom stereocenters. The summed E-state index contributed by atoms with van der Waals surface area (Å²) in [6.45, 7) is 2.83. The van der Waals surface area contributed by atoms with Crippen LogP contribution in [0.4, 0.5) is 0 Å². The summed E-state index contributed by atoms with van der Waals surface area (Å²) in [5.41, 5.74) is 7.11. The third kappa shape index (κ3) is 3.74. The van der Waals surface area contributed by atoms with E-state index in [4.69, 9.17) is 15.2 Å². The molecule has 2 fully saturated rings. The van der Waals surface area contributed by atoms with Gasteiger partial charge in [-0.25, -0.2) is 0 Å². The molecule has 3 rings (SSSR count). The highest BCUT2D eigenvalue weighted by molar-refractivity contribution is 7.99. The summed E-state index contributed by atoms with van der Waals surface area (Å²) in [6.07, 6.45) is 4.64. The molecule has 4 heteroatoms. The summed E-state index contributed by atoms with van der Waals surface area (Å²) in [6, 6.07) is 8.28. The van der Waals surface area contributed by atoms with Gasteiger partial charge in [0, 0.05) is 18.9 Å². The average Bonchev–Trinajstić information content (AvgIpc) is 2.49. The Balaban J connectivity index is 1.61. The number of rotatable bonds is 3. The van der Waals surface area contributed by atoms with E-state index in [9.17, 15) is 0 Å². The fourth-order valence-electron chi connectivity index (χ4n) is 3.22. The molecule has 1 aromatic carbocycles. The summed E-state index contributed by atoms with van der Waals surface area (Å²) >= 11 is 2.04. The molecule has 1 spiro atoms. The van der Waals surface area contributed by atoms with Crippen LogP contribution in [0.15, 0.2) is 24.3 Å². The normalized spacial score (nSPS) is 26.5. The van der Waals surface area contributed by atoms with Gasteiger partial charge in [-0.1, -0.05) is 12.1 Å². The van der Waals surface area contributed by atoms with Crippen molar-refractivity contribution in [1.82, 2.24) is 0 Å². The van der Waals surface area contributed by atoms with E-state index in [1.807, 2.05) is 30.8 Å². The fraction of sp³-hybridized carbons (Fsp3) is 0.647. The molecule has 0 aromatic heterocycles. The lowest BCUT2D eigenvalue weighted by Crippen LogP contribution is -2.46. The lowest BCUT2D eigenvalue weighted by molar-refractivity contribution is -0.116. The van der Waals surface area contributed by atoms with Crippen LogP contribution in [-0.4, -0.2) is 29.8 Å². The van der Waals surface area contributed by atoms with E-state index in [2.05, 4.69) is 12.1 Å². The molecule has 0 amide bonds. The summed E-state index contributed by atoms with van der Waals surface area (Å²) in [5.74, 6) is 3.39. The maximum absolute atomic E-state index is 6.19. The smallest absolute Gasteiger partial charge is 0.119 e. The molecule has 2 saturated heterocycles. The minimum Gasteiger partial charge on any atom is -0.490 e. The maximum Gasteiger partial charge on any atom is 0.119 e. The highest BCUT2D eigenvalue weighted by Gasteiger charge is 2.39. The molecule has 2 N–H and O–H groups in total. The Bertz CT molecular complexity index is 449. The van der Waals surface area contributed by atoms with Crippen LogP contribution < -0.4 is 10.5 Å². The summed E-state index contributed by atoms with van der Waals surface area (Å²) in [7, 11) is 0. The van der Waals surface area contributed by atoms with E-state index in [0.29, 0.717) is 0 Å². The van der Waals surface area contributed by atoms with Crippen LogP contribution in [0.2, 0.25) is 0 Å². The topological polar surface area (TPSA) is 44.5 Å². The second kappa shape index (κ2) is 6.59. The molecule has 2 heterocycles. The van der Waals surface area contributed by atoms with Crippen molar-refractivity contribution in [2.75, 3.05) is 18.1 Å². The molecule has 0 radical (unpaired) electrons. The molecule has 21 heavy (non-hydrogen) atoms. The minimum absolute atomic E-state index is 0.0742. The fourth-order valence-corrected chi connectivity index (χ4v) is 4.45. The van der Waals surface area contributed by atoms with Crippen LogP contribution in [0.5, 0.6) is 5.75 Å². The second-order valence-electron chi connectivity index (χ2n) is 6.23. The quantitative estimate of drug-likeness (QED) is 0.928. The zero-order valence-corrected chi connectivity index (χ0v) is 13.5. The van der Waals surface area contributed by atoms with Gasteiger partial charge < -0.3 is 15.2 Å². The lowest BCUT2D eigenvalue weighted by atomic mass is 9.86. The first-order valence-corrected chi connectivity index (χ1v) is 9.06. The van der Waals surface area contributed by atoms with Crippen LogP contribution in [-0.2, 0) is 4.74 Å². The van der Waals surface area contributed by atoms with Crippen LogP contribution >= 0.6 is 11.8 Å². The van der Waals surface area contributed by atoms with E-state index in [0.717, 1.165) is 30.8 Å². The van der Waals surface area contributed by atoms with Crippen molar-refractivity contribution in [1.29, 1.82) is 0 Å². The average molecular weight is 307 g/mol. The standard InChI is InChI=1S/C17H25NO2S/c1-13(18)14-2-4-15(5-3-14)20-16-6-9-19-17(12-16)7-10-21-11-8-17/h2-5,13,16H,6-12,18H2,1H3/t13-,16?/m1/s1. The van der Waals surface area contributed by atoms with Crippen LogP contribution in [0, 0.1) is 0 Å². The van der Waals surface area contributed by atoms with Crippen molar-refractivity contribution in [3.05, 3.63) is 29.8 Å². The van der Waals surface area contributed by atoms with Crippen LogP contribution in [0.3, 0.4) is 0 Å². The van der Waals surface area contributed by atoms with E-state index in [1.54, 1.807) is 0 Å². The summed E-state index contributed by atoms with van der Waals surface area (Å²) in [4.78, 5) is 0. The highest BCUT2D eigenvalue weighted by Crippen LogP contribution is 2.38. The Morgan fingerprint density at radius 2 is 2.00 bits per heavy atom. The van der Waals surface area contributed by atoms with Gasteiger partial charge in [-0.2, -0.15) is 11.8 Å². The largest absolute Gasteiger partial charge is 0.490 e. The molecular formula is C17H25NO2S. The first-order valence-electron chi connectivity index (χ1n) is 7.91. The molecule has 0 aliphatic carbocycles. The van der Waals surface area contributed by atoms with Gasteiger partial charge in [0.05, 0.1) is 12.2 Å². The molecule has 1 aromatic rings. The van der Waals surface area contributed by atoms with Gasteiger partial charge in [0.2, 0.25) is 0 Å². The molecule has 0 bridgehead atoms. The third-order valence-corrected chi connectivity index (χ3v) is 5.55. The van der Waals surface area contributed by atoms with Gasteiger partial charge in [-0.05, 0) is 49.0 Å². The number of benzene rings is 1. The Morgan fingerprint density at radius 1 is 1.29 bits per heavy atom. The Morgan fingerprint density at radius 3 is 2.67 bits per heavy atom. The SMILES string of the molecule is C[C@@H](N)c1ccc(OC2CCOC3(CCSCC3)C2)cc1. The van der Waals surface area contributed by atoms with Crippen molar-refractivity contribution >= 4 is 11.8 Å². The van der Waals surface area contributed by atoms with Crippen molar-refractivity contribution in [2.45, 2.75) is 50.4 Å². The van der Waals surface area contributed by atoms with Gasteiger partial charge in [0.1, 0.15) is 11.9 Å². The predicted octanol–water partition coefficient (Wildman–Crippen LogP) is 3.53. The molecule has 2 aliphatic heterocycles. The van der Waals surface area contributed by atoms with Gasteiger partial charge in [0.25, 0.3) is 0 Å². The number of hydrogen-bond donors (Lipinski definition) is 1. The monoisotopic (exact) mass is 307 g/mol. The van der Waals surface area contributed by atoms with Crippen molar-refractivity contribution in [3.63, 3.8) is 0 Å². The lowest BCUT2D eigenvalue weighted by Gasteiger charge is -2.43. The number of nitrogens with two attached hydrogens (primary N) is 1. The summed E-state index contributed by atoms with van der Waals surface area (Å²) < 4.78 is 12.3.